The molecule has 0 saturated carbocycles. The van der Waals surface area contributed by atoms with Crippen LogP contribution < -0.4 is 0 Å². The number of esters is 2. The fourth-order valence-electron chi connectivity index (χ4n) is 4.08. The van der Waals surface area contributed by atoms with E-state index in [2.05, 4.69) is 0 Å². The van der Waals surface area contributed by atoms with E-state index in [1.54, 1.807) is 0 Å². The predicted molar refractivity (Wildman–Crippen MR) is 87.6 cm³/mol. The van der Waals surface area contributed by atoms with Crippen molar-refractivity contribution >= 4 is 23.6 Å². The first-order valence-electron chi connectivity index (χ1n) is 8.78. The average Bonchev–Trinajstić information content (AvgIpc) is 3.24. The van der Waals surface area contributed by atoms with E-state index in [9.17, 15) is 19.2 Å². The second-order valence-electron chi connectivity index (χ2n) is 7.03. The van der Waals surface area contributed by atoms with Gasteiger partial charge in [0, 0.05) is 12.8 Å². The van der Waals surface area contributed by atoms with E-state index >= 15 is 0 Å². The number of carbonyl (C=O) groups is 4. The molecule has 2 unspecified atom stereocenters. The summed E-state index contributed by atoms with van der Waals surface area (Å²) in [5.41, 5.74) is -0.579. The number of nitrogens with zero attached hydrogens (tertiary/aromatic N) is 1. The molecule has 3 aliphatic rings. The first-order valence-corrected chi connectivity index (χ1v) is 8.78. The number of amides is 1. The third-order valence-electron chi connectivity index (χ3n) is 5.38. The minimum Gasteiger partial charge on any atom is -0.459 e. The van der Waals surface area contributed by atoms with Gasteiger partial charge in [-0.05, 0) is 18.4 Å². The van der Waals surface area contributed by atoms with Gasteiger partial charge in [-0.25, -0.2) is 4.79 Å². The highest BCUT2D eigenvalue weighted by Gasteiger charge is 2.60. The van der Waals surface area contributed by atoms with Crippen molar-refractivity contribution < 1.29 is 28.7 Å². The lowest BCUT2D eigenvalue weighted by Crippen LogP contribution is -2.62. The van der Waals surface area contributed by atoms with Gasteiger partial charge in [-0.2, -0.15) is 0 Å². The molecule has 3 atom stereocenters. The van der Waals surface area contributed by atoms with Crippen molar-refractivity contribution in [3.63, 3.8) is 0 Å². The maximum atomic E-state index is 13.0. The van der Waals surface area contributed by atoms with Gasteiger partial charge < -0.3 is 14.4 Å². The fraction of sp³-hybridized carbons (Fsp3) is 0.474. The summed E-state index contributed by atoms with van der Waals surface area (Å²) < 4.78 is 10.6. The van der Waals surface area contributed by atoms with Gasteiger partial charge in [-0.15, -0.1) is 0 Å². The van der Waals surface area contributed by atoms with Crippen LogP contribution in [0.5, 0.6) is 0 Å². The smallest absolute Gasteiger partial charge is 0.329 e. The number of benzene rings is 1. The van der Waals surface area contributed by atoms with E-state index in [-0.39, 0.29) is 31.7 Å². The Hall–Kier alpha value is -2.70. The Morgan fingerprint density at radius 1 is 1.19 bits per heavy atom. The van der Waals surface area contributed by atoms with Gasteiger partial charge in [0.05, 0.1) is 12.5 Å². The molecule has 0 bridgehead atoms. The number of piperidine rings is 1. The molecule has 0 aromatic heterocycles. The quantitative estimate of drug-likeness (QED) is 0.754. The van der Waals surface area contributed by atoms with E-state index in [1.807, 2.05) is 30.3 Å². The molecule has 1 aromatic carbocycles. The van der Waals surface area contributed by atoms with Crippen molar-refractivity contribution in [2.45, 2.75) is 56.4 Å². The Kier molecular flexibility index (Phi) is 4.01. The third kappa shape index (κ3) is 2.67. The van der Waals surface area contributed by atoms with E-state index in [0.717, 1.165) is 5.56 Å². The lowest BCUT2D eigenvalue weighted by atomic mass is 9.85. The molecule has 1 amide bonds. The lowest BCUT2D eigenvalue weighted by Gasteiger charge is -2.40. The number of fused-ring (bicyclic) bond motifs is 1. The zero-order chi connectivity index (χ0) is 18.3. The van der Waals surface area contributed by atoms with E-state index < -0.39 is 35.5 Å². The summed E-state index contributed by atoms with van der Waals surface area (Å²) in [6, 6.07) is 7.81. The molecule has 7 heteroatoms. The van der Waals surface area contributed by atoms with Gasteiger partial charge in [0.1, 0.15) is 12.6 Å². The molecule has 26 heavy (non-hydrogen) atoms. The summed E-state index contributed by atoms with van der Waals surface area (Å²) in [7, 11) is 0. The van der Waals surface area contributed by atoms with Crippen LogP contribution in [-0.4, -0.2) is 46.2 Å². The van der Waals surface area contributed by atoms with Crippen molar-refractivity contribution in [2.75, 3.05) is 0 Å². The highest BCUT2D eigenvalue weighted by molar-refractivity contribution is 6.05. The number of ketones is 1. The van der Waals surface area contributed by atoms with Gasteiger partial charge in [0.2, 0.25) is 0 Å². The Balaban J connectivity index is 1.51. The summed E-state index contributed by atoms with van der Waals surface area (Å²) in [6.07, 6.45) is 1.01. The molecule has 0 aliphatic carbocycles. The minimum absolute atomic E-state index is 0.0927. The van der Waals surface area contributed by atoms with E-state index in [4.69, 9.17) is 9.47 Å². The molecule has 0 radical (unpaired) electrons. The van der Waals surface area contributed by atoms with E-state index in [1.165, 1.54) is 4.90 Å². The summed E-state index contributed by atoms with van der Waals surface area (Å²) in [5.74, 6) is -1.60. The van der Waals surface area contributed by atoms with Crippen LogP contribution >= 0.6 is 0 Å². The van der Waals surface area contributed by atoms with Crippen LogP contribution in [-0.2, 0) is 35.3 Å². The van der Waals surface area contributed by atoms with Gasteiger partial charge in [-0.3, -0.25) is 14.4 Å². The third-order valence-corrected chi connectivity index (χ3v) is 5.38. The van der Waals surface area contributed by atoms with Gasteiger partial charge in [0.15, 0.2) is 11.4 Å². The number of ether oxygens (including phenoxy) is 2. The summed E-state index contributed by atoms with van der Waals surface area (Å²) in [6.45, 7) is 0.108. The summed E-state index contributed by atoms with van der Waals surface area (Å²) in [4.78, 5) is 50.9. The molecular formula is C19H19NO6. The molecule has 4 rings (SSSR count). The fourth-order valence-corrected chi connectivity index (χ4v) is 4.08. The standard InChI is InChI=1S/C19H19NO6/c21-15-10-19(9-8-16(22)26-19)18(24)20-13(15)6-7-14(20)17(23)25-11-12-4-2-1-3-5-12/h1-5,13-14H,6-11H2/t13?,14-,19?/m0/s1. The van der Waals surface area contributed by atoms with Gasteiger partial charge in [0.25, 0.3) is 5.91 Å². The van der Waals surface area contributed by atoms with Crippen LogP contribution in [0.15, 0.2) is 30.3 Å². The zero-order valence-corrected chi connectivity index (χ0v) is 14.2. The Bertz CT molecular complexity index is 775. The molecule has 1 aromatic rings. The van der Waals surface area contributed by atoms with Crippen LogP contribution in [0.25, 0.3) is 0 Å². The van der Waals surface area contributed by atoms with Crippen molar-refractivity contribution in [3.05, 3.63) is 35.9 Å². The Labute approximate surface area is 150 Å². The maximum absolute atomic E-state index is 13.0. The SMILES string of the molecule is O=C1CCC2(CC(=O)C3CC[C@@H](C(=O)OCc4ccccc4)N3C2=O)O1. The normalized spacial score (nSPS) is 30.5. The van der Waals surface area contributed by atoms with Crippen molar-refractivity contribution in [1.82, 2.24) is 4.90 Å². The van der Waals surface area contributed by atoms with Crippen molar-refractivity contribution in [2.24, 2.45) is 0 Å². The van der Waals surface area contributed by atoms with Crippen LogP contribution in [0.3, 0.4) is 0 Å². The molecule has 3 fully saturated rings. The van der Waals surface area contributed by atoms with Crippen molar-refractivity contribution in [1.29, 1.82) is 0 Å². The van der Waals surface area contributed by atoms with Crippen LogP contribution in [0, 0.1) is 0 Å². The van der Waals surface area contributed by atoms with Gasteiger partial charge in [-0.1, -0.05) is 30.3 Å². The first kappa shape index (κ1) is 16.8. The number of hydrogen-bond acceptors (Lipinski definition) is 6. The molecule has 1 spiro atoms. The number of Topliss-reactive ketones (excluding diaryl/α,β-unsaturated/α-hetero) is 1. The predicted octanol–water partition coefficient (Wildman–Crippen LogP) is 1.14. The molecule has 3 aliphatic heterocycles. The lowest BCUT2D eigenvalue weighted by molar-refractivity contribution is -0.177. The minimum atomic E-state index is -1.42. The first-order chi connectivity index (χ1) is 12.5. The summed E-state index contributed by atoms with van der Waals surface area (Å²) in [5, 5.41) is 0. The molecule has 0 N–H and O–H groups in total. The molecule has 7 nitrogen and oxygen atoms in total. The maximum Gasteiger partial charge on any atom is 0.329 e. The molecular weight excluding hydrogens is 338 g/mol. The topological polar surface area (TPSA) is 90.0 Å². The number of rotatable bonds is 3. The molecule has 3 saturated heterocycles. The van der Waals surface area contributed by atoms with Crippen LogP contribution in [0.1, 0.15) is 37.7 Å². The Morgan fingerprint density at radius 2 is 1.96 bits per heavy atom. The largest absolute Gasteiger partial charge is 0.459 e. The number of carbonyl (C=O) groups excluding carboxylic acids is 4. The second kappa shape index (κ2) is 6.23. The van der Waals surface area contributed by atoms with Gasteiger partial charge >= 0.3 is 11.9 Å². The second-order valence-corrected chi connectivity index (χ2v) is 7.03. The molecule has 136 valence electrons. The zero-order valence-electron chi connectivity index (χ0n) is 14.2. The molecule has 3 heterocycles. The monoisotopic (exact) mass is 357 g/mol. The highest BCUT2D eigenvalue weighted by Crippen LogP contribution is 2.41. The Morgan fingerprint density at radius 3 is 2.65 bits per heavy atom. The number of hydrogen-bond donors (Lipinski definition) is 0. The van der Waals surface area contributed by atoms with Crippen LogP contribution in [0.4, 0.5) is 0 Å². The van der Waals surface area contributed by atoms with E-state index in [0.29, 0.717) is 12.8 Å². The van der Waals surface area contributed by atoms with Crippen LogP contribution in [0.2, 0.25) is 0 Å². The average molecular weight is 357 g/mol. The van der Waals surface area contributed by atoms with Crippen molar-refractivity contribution in [3.8, 4) is 0 Å². The highest BCUT2D eigenvalue weighted by atomic mass is 16.6. The summed E-state index contributed by atoms with van der Waals surface area (Å²) >= 11 is 0.